The van der Waals surface area contributed by atoms with Gasteiger partial charge in [0.1, 0.15) is 0 Å². The molecule has 0 heterocycles. The molecular weight excluding hydrogens is 228 g/mol. The Morgan fingerprint density at radius 3 is 1.25 bits per heavy atom. The van der Waals surface area contributed by atoms with Gasteiger partial charge in [-0.25, -0.2) is 14.4 Å². The molecule has 0 unspecified atom stereocenters. The Bertz CT molecular complexity index is 159. The van der Waals surface area contributed by atoms with Gasteiger partial charge in [-0.2, -0.15) is 0 Å². The van der Waals surface area contributed by atoms with Crippen molar-refractivity contribution in [2.45, 2.75) is 0 Å². The molecular formula is C3H6Ca2O7. The summed E-state index contributed by atoms with van der Waals surface area (Å²) >= 11 is 0. The van der Waals surface area contributed by atoms with Crippen LogP contribution in [0.2, 0.25) is 0 Å². The molecule has 0 saturated carbocycles. The maximum atomic E-state index is 9.86. The van der Waals surface area contributed by atoms with E-state index in [9.17, 15) is 14.4 Å². The fourth-order valence-electron chi connectivity index (χ4n) is 0.163. The molecule has 0 bridgehead atoms. The summed E-state index contributed by atoms with van der Waals surface area (Å²) in [5.74, 6) is 0. The normalized spacial score (nSPS) is 6.67. The second-order valence-electron chi connectivity index (χ2n) is 0.986. The Kier molecular flexibility index (Phi) is 15.1. The van der Waals surface area contributed by atoms with Crippen LogP contribution in [-0.2, 0) is 9.47 Å². The van der Waals surface area contributed by atoms with Crippen LogP contribution < -0.4 is 0 Å². The second kappa shape index (κ2) is 9.81. The number of hydrogen-bond donors (Lipinski definition) is 2. The van der Waals surface area contributed by atoms with E-state index in [4.69, 9.17) is 10.2 Å². The van der Waals surface area contributed by atoms with Gasteiger partial charge in [0.15, 0.2) is 0 Å². The first-order valence-electron chi connectivity index (χ1n) is 1.88. The molecule has 0 radical (unpaired) electrons. The van der Waals surface area contributed by atoms with Gasteiger partial charge in [-0.15, -0.1) is 0 Å². The molecule has 0 aromatic heterocycles. The molecule has 0 fully saturated rings. The summed E-state index contributed by atoms with van der Waals surface area (Å²) in [5, 5.41) is 15.4. The molecule has 0 amide bonds. The molecule has 0 aliphatic heterocycles. The number of ether oxygens (including phenoxy) is 2. The third-order valence-corrected chi connectivity index (χ3v) is 0.341. The average Bonchev–Trinajstić information content (AvgIpc) is 1.58. The summed E-state index contributed by atoms with van der Waals surface area (Å²) in [5.41, 5.74) is 0. The van der Waals surface area contributed by atoms with Crippen molar-refractivity contribution in [1.29, 1.82) is 0 Å². The number of carbonyl (C=O) groups is 3. The van der Waals surface area contributed by atoms with Crippen LogP contribution in [0.4, 0.5) is 14.4 Å². The second-order valence-corrected chi connectivity index (χ2v) is 0.986. The standard InChI is InChI=1S/C3H2O7.2Ca.4H/c4-1(5)9-3(8)10-2(6)7;;;;;;/h(H,4,5)(H,6,7);;;;;;. The van der Waals surface area contributed by atoms with Crippen molar-refractivity contribution in [3.63, 3.8) is 0 Å². The fraction of sp³-hybridized carbons (Fsp3) is 0. The Morgan fingerprint density at radius 1 is 0.833 bits per heavy atom. The third-order valence-electron chi connectivity index (χ3n) is 0.341. The van der Waals surface area contributed by atoms with Crippen molar-refractivity contribution in [2.24, 2.45) is 0 Å². The van der Waals surface area contributed by atoms with Crippen LogP contribution in [0.1, 0.15) is 0 Å². The van der Waals surface area contributed by atoms with Crippen LogP contribution in [0.25, 0.3) is 0 Å². The predicted octanol–water partition coefficient (Wildman–Crippen LogP) is -1.34. The molecule has 0 aliphatic carbocycles. The van der Waals surface area contributed by atoms with Crippen molar-refractivity contribution in [3.05, 3.63) is 0 Å². The van der Waals surface area contributed by atoms with E-state index < -0.39 is 18.5 Å². The van der Waals surface area contributed by atoms with Crippen LogP contribution in [0.5, 0.6) is 0 Å². The summed E-state index contributed by atoms with van der Waals surface area (Å²) in [4.78, 5) is 28.8. The van der Waals surface area contributed by atoms with Gasteiger partial charge in [-0.3, -0.25) is 0 Å². The first-order valence-corrected chi connectivity index (χ1v) is 1.88. The summed E-state index contributed by atoms with van der Waals surface area (Å²) in [6, 6.07) is 0. The summed E-state index contributed by atoms with van der Waals surface area (Å²) in [6.45, 7) is 0. The van der Waals surface area contributed by atoms with E-state index in [0.29, 0.717) is 0 Å². The van der Waals surface area contributed by atoms with E-state index in [1.165, 1.54) is 0 Å². The zero-order valence-electron chi connectivity index (χ0n) is 4.44. The molecule has 0 aliphatic rings. The molecule has 0 aromatic rings. The first-order chi connectivity index (χ1) is 4.52. The molecule has 2 N–H and O–H groups in total. The Labute approximate surface area is 126 Å². The SMILES string of the molecule is O=C(O)OC(=O)OC(=O)O.[CaH2].[CaH2]. The quantitative estimate of drug-likeness (QED) is 0.303. The zero-order valence-corrected chi connectivity index (χ0v) is 4.44. The van der Waals surface area contributed by atoms with Gasteiger partial charge in [0.2, 0.25) is 0 Å². The molecule has 9 heteroatoms. The van der Waals surface area contributed by atoms with E-state index in [1.54, 1.807) is 0 Å². The van der Waals surface area contributed by atoms with Gasteiger partial charge < -0.3 is 19.7 Å². The van der Waals surface area contributed by atoms with E-state index in [-0.39, 0.29) is 75.5 Å². The molecule has 0 atom stereocenters. The predicted molar refractivity (Wildman–Crippen MR) is 40.7 cm³/mol. The van der Waals surface area contributed by atoms with Crippen LogP contribution in [0, 0.1) is 0 Å². The van der Waals surface area contributed by atoms with Gasteiger partial charge in [-0.1, -0.05) is 0 Å². The molecule has 64 valence electrons. The summed E-state index contributed by atoms with van der Waals surface area (Å²) in [6.07, 6.45) is -5.64. The van der Waals surface area contributed by atoms with Crippen molar-refractivity contribution < 1.29 is 34.1 Å². The molecule has 0 rings (SSSR count). The van der Waals surface area contributed by atoms with E-state index in [0.717, 1.165) is 0 Å². The average molecular weight is 234 g/mol. The first kappa shape index (κ1) is 18.5. The van der Waals surface area contributed by atoms with Gasteiger partial charge in [0.25, 0.3) is 0 Å². The topological polar surface area (TPSA) is 110 Å². The fourth-order valence-corrected chi connectivity index (χ4v) is 0.163. The number of carboxylic acid groups (broad SMARTS) is 2. The number of hydrogen-bond acceptors (Lipinski definition) is 5. The number of rotatable bonds is 0. The van der Waals surface area contributed by atoms with E-state index >= 15 is 0 Å². The Balaban J connectivity index is -0.000000405. The van der Waals surface area contributed by atoms with Gasteiger partial charge >= 0.3 is 93.9 Å². The zero-order chi connectivity index (χ0) is 8.15. The van der Waals surface area contributed by atoms with Crippen LogP contribution in [-0.4, -0.2) is 104 Å². The van der Waals surface area contributed by atoms with Gasteiger partial charge in [-0.05, 0) is 0 Å². The summed E-state index contributed by atoms with van der Waals surface area (Å²) in [7, 11) is 0. The molecule has 7 nitrogen and oxygen atoms in total. The summed E-state index contributed by atoms with van der Waals surface area (Å²) < 4.78 is 6.47. The number of carbonyl (C=O) groups excluding carboxylic acids is 1. The van der Waals surface area contributed by atoms with Gasteiger partial charge in [0, 0.05) is 0 Å². The van der Waals surface area contributed by atoms with Crippen LogP contribution in [0.3, 0.4) is 0 Å². The van der Waals surface area contributed by atoms with Crippen LogP contribution in [0.15, 0.2) is 0 Å². The van der Waals surface area contributed by atoms with Crippen molar-refractivity contribution in [1.82, 2.24) is 0 Å². The minimum atomic E-state index is -1.92. The minimum absolute atomic E-state index is 0. The molecule has 0 saturated heterocycles. The monoisotopic (exact) mass is 234 g/mol. The molecule has 0 aromatic carbocycles. The Morgan fingerprint density at radius 2 is 1.08 bits per heavy atom. The van der Waals surface area contributed by atoms with Crippen LogP contribution >= 0.6 is 0 Å². The molecule has 0 spiro atoms. The van der Waals surface area contributed by atoms with Crippen molar-refractivity contribution in [2.75, 3.05) is 0 Å². The van der Waals surface area contributed by atoms with Gasteiger partial charge in [0.05, 0.1) is 0 Å². The third kappa shape index (κ3) is 13.3. The van der Waals surface area contributed by atoms with Crippen molar-refractivity contribution in [3.8, 4) is 0 Å². The van der Waals surface area contributed by atoms with Crippen molar-refractivity contribution >= 4 is 93.9 Å². The van der Waals surface area contributed by atoms with E-state index in [1.807, 2.05) is 0 Å². The van der Waals surface area contributed by atoms with E-state index in [2.05, 4.69) is 9.47 Å². The Hall–Kier alpha value is 0.729. The maximum absolute atomic E-state index is 9.86. The molecule has 12 heavy (non-hydrogen) atoms.